The first-order chi connectivity index (χ1) is 12.3. The first-order valence-electron chi connectivity index (χ1n) is 8.82. The van der Waals surface area contributed by atoms with E-state index in [0.717, 1.165) is 25.9 Å². The zero-order valence-electron chi connectivity index (χ0n) is 14.7. The van der Waals surface area contributed by atoms with E-state index in [-0.39, 0.29) is 5.91 Å². The Morgan fingerprint density at radius 2 is 1.88 bits per heavy atom. The van der Waals surface area contributed by atoms with Gasteiger partial charge < -0.3 is 14.4 Å². The molecule has 1 aliphatic rings. The van der Waals surface area contributed by atoms with Crippen LogP contribution in [0, 0.1) is 5.92 Å². The number of para-hydroxylation sites is 1. The molecule has 0 spiro atoms. The van der Waals surface area contributed by atoms with E-state index in [1.54, 1.807) is 7.11 Å². The van der Waals surface area contributed by atoms with Gasteiger partial charge >= 0.3 is 0 Å². The number of carbonyl (C=O) groups excluding carboxylic acids is 1. The van der Waals surface area contributed by atoms with Gasteiger partial charge in [0.05, 0.1) is 25.9 Å². The van der Waals surface area contributed by atoms with Gasteiger partial charge in [-0.15, -0.1) is 0 Å². The third kappa shape index (κ3) is 4.60. The molecule has 25 heavy (non-hydrogen) atoms. The number of piperidine rings is 1. The Kier molecular flexibility index (Phi) is 6.07. The number of methoxy groups -OCH3 is 1. The van der Waals surface area contributed by atoms with E-state index in [1.807, 2.05) is 47.4 Å². The summed E-state index contributed by atoms with van der Waals surface area (Å²) in [4.78, 5) is 14.8. The predicted molar refractivity (Wildman–Crippen MR) is 97.7 cm³/mol. The molecule has 1 saturated heterocycles. The molecular formula is C21H25NO3. The smallest absolute Gasteiger partial charge is 0.257 e. The normalized spacial score (nSPS) is 17.3. The van der Waals surface area contributed by atoms with E-state index >= 15 is 0 Å². The van der Waals surface area contributed by atoms with Crippen LogP contribution in [0.15, 0.2) is 54.6 Å². The highest BCUT2D eigenvalue weighted by Crippen LogP contribution is 2.23. The molecular weight excluding hydrogens is 314 g/mol. The summed E-state index contributed by atoms with van der Waals surface area (Å²) in [6.07, 6.45) is 2.12. The lowest BCUT2D eigenvalue weighted by Crippen LogP contribution is -2.41. The second kappa shape index (κ2) is 8.67. The van der Waals surface area contributed by atoms with Crippen molar-refractivity contribution in [1.82, 2.24) is 4.90 Å². The van der Waals surface area contributed by atoms with Crippen molar-refractivity contribution >= 4 is 5.91 Å². The van der Waals surface area contributed by atoms with Crippen LogP contribution in [-0.4, -0.2) is 37.6 Å². The highest BCUT2D eigenvalue weighted by atomic mass is 16.5. The minimum Gasteiger partial charge on any atom is -0.496 e. The maximum atomic E-state index is 12.8. The predicted octanol–water partition coefficient (Wildman–Crippen LogP) is 3.76. The molecule has 132 valence electrons. The summed E-state index contributed by atoms with van der Waals surface area (Å²) in [5.41, 5.74) is 1.82. The van der Waals surface area contributed by atoms with Crippen LogP contribution in [0.4, 0.5) is 0 Å². The average molecular weight is 339 g/mol. The zero-order chi connectivity index (χ0) is 17.5. The molecule has 0 N–H and O–H groups in total. The molecule has 1 atom stereocenters. The van der Waals surface area contributed by atoms with Crippen LogP contribution in [0.25, 0.3) is 0 Å². The van der Waals surface area contributed by atoms with Crippen LogP contribution in [0.1, 0.15) is 28.8 Å². The van der Waals surface area contributed by atoms with E-state index in [2.05, 4.69) is 12.1 Å². The SMILES string of the molecule is COc1ccccc1C(=O)N1CCCC(COCc2ccccc2)C1. The summed E-state index contributed by atoms with van der Waals surface area (Å²) < 4.78 is 11.2. The van der Waals surface area contributed by atoms with Crippen LogP contribution < -0.4 is 4.74 Å². The third-order valence-electron chi connectivity index (χ3n) is 4.61. The van der Waals surface area contributed by atoms with E-state index in [0.29, 0.717) is 30.4 Å². The fraction of sp³-hybridized carbons (Fsp3) is 0.381. The molecule has 2 aromatic rings. The Morgan fingerprint density at radius 3 is 2.68 bits per heavy atom. The van der Waals surface area contributed by atoms with E-state index in [9.17, 15) is 4.79 Å². The number of hydrogen-bond donors (Lipinski definition) is 0. The number of hydrogen-bond acceptors (Lipinski definition) is 3. The summed E-state index contributed by atoms with van der Waals surface area (Å²) >= 11 is 0. The summed E-state index contributed by atoms with van der Waals surface area (Å²) in [5, 5.41) is 0. The van der Waals surface area contributed by atoms with Crippen molar-refractivity contribution < 1.29 is 14.3 Å². The molecule has 0 aliphatic carbocycles. The number of nitrogens with zero attached hydrogens (tertiary/aromatic N) is 1. The van der Waals surface area contributed by atoms with Crippen LogP contribution in [0.5, 0.6) is 5.75 Å². The maximum Gasteiger partial charge on any atom is 0.257 e. The lowest BCUT2D eigenvalue weighted by molar-refractivity contribution is 0.0424. The number of carbonyl (C=O) groups is 1. The van der Waals surface area contributed by atoms with Crippen molar-refractivity contribution in [3.63, 3.8) is 0 Å². The quantitative estimate of drug-likeness (QED) is 0.804. The van der Waals surface area contributed by atoms with E-state index < -0.39 is 0 Å². The lowest BCUT2D eigenvalue weighted by Gasteiger charge is -2.33. The molecule has 0 saturated carbocycles. The summed E-state index contributed by atoms with van der Waals surface area (Å²) in [7, 11) is 1.60. The van der Waals surface area contributed by atoms with Crippen LogP contribution in [0.3, 0.4) is 0 Å². The molecule has 0 radical (unpaired) electrons. The molecule has 0 aromatic heterocycles. The first kappa shape index (κ1) is 17.5. The Bertz CT molecular complexity index is 687. The second-order valence-corrected chi connectivity index (χ2v) is 6.46. The molecule has 1 amide bonds. The summed E-state index contributed by atoms with van der Waals surface area (Å²) in [6, 6.07) is 17.6. The van der Waals surface area contributed by atoms with Crippen molar-refractivity contribution in [3.05, 3.63) is 65.7 Å². The highest BCUT2D eigenvalue weighted by Gasteiger charge is 2.26. The van der Waals surface area contributed by atoms with Gasteiger partial charge in [0.2, 0.25) is 0 Å². The van der Waals surface area contributed by atoms with Crippen LogP contribution in [0.2, 0.25) is 0 Å². The van der Waals surface area contributed by atoms with Gasteiger partial charge in [-0.25, -0.2) is 0 Å². The largest absolute Gasteiger partial charge is 0.496 e. The molecule has 1 heterocycles. The monoisotopic (exact) mass is 339 g/mol. The second-order valence-electron chi connectivity index (χ2n) is 6.46. The number of rotatable bonds is 6. The van der Waals surface area contributed by atoms with Crippen molar-refractivity contribution in [2.45, 2.75) is 19.4 Å². The van der Waals surface area contributed by atoms with Crippen molar-refractivity contribution in [2.75, 3.05) is 26.8 Å². The Hall–Kier alpha value is -2.33. The first-order valence-corrected chi connectivity index (χ1v) is 8.82. The Labute approximate surface area is 149 Å². The third-order valence-corrected chi connectivity index (χ3v) is 4.61. The topological polar surface area (TPSA) is 38.8 Å². The number of ether oxygens (including phenoxy) is 2. The highest BCUT2D eigenvalue weighted by molar-refractivity contribution is 5.97. The van der Waals surface area contributed by atoms with Crippen LogP contribution >= 0.6 is 0 Å². The van der Waals surface area contributed by atoms with Gasteiger partial charge in [-0.2, -0.15) is 0 Å². The fourth-order valence-corrected chi connectivity index (χ4v) is 3.29. The molecule has 1 aliphatic heterocycles. The molecule has 0 bridgehead atoms. The van der Waals surface area contributed by atoms with Crippen molar-refractivity contribution in [1.29, 1.82) is 0 Å². The Morgan fingerprint density at radius 1 is 1.12 bits per heavy atom. The molecule has 3 rings (SSSR count). The molecule has 4 nitrogen and oxygen atoms in total. The zero-order valence-corrected chi connectivity index (χ0v) is 14.7. The van der Waals surface area contributed by atoms with Gasteiger partial charge in [0.15, 0.2) is 0 Å². The number of amides is 1. The Balaban J connectivity index is 1.54. The van der Waals surface area contributed by atoms with Crippen LogP contribution in [-0.2, 0) is 11.3 Å². The number of benzene rings is 2. The maximum absolute atomic E-state index is 12.8. The van der Waals surface area contributed by atoms with Crippen molar-refractivity contribution in [3.8, 4) is 5.75 Å². The average Bonchev–Trinajstić information content (AvgIpc) is 2.68. The van der Waals surface area contributed by atoms with Gasteiger partial charge in [-0.05, 0) is 36.5 Å². The van der Waals surface area contributed by atoms with Gasteiger partial charge in [-0.1, -0.05) is 42.5 Å². The summed E-state index contributed by atoms with van der Waals surface area (Å²) in [6.45, 7) is 2.85. The van der Waals surface area contributed by atoms with Gasteiger partial charge in [-0.3, -0.25) is 4.79 Å². The lowest BCUT2D eigenvalue weighted by atomic mass is 9.98. The summed E-state index contributed by atoms with van der Waals surface area (Å²) in [5.74, 6) is 1.07. The van der Waals surface area contributed by atoms with E-state index in [1.165, 1.54) is 5.56 Å². The molecule has 4 heteroatoms. The molecule has 1 fully saturated rings. The fourth-order valence-electron chi connectivity index (χ4n) is 3.29. The number of likely N-dealkylation sites (tertiary alicyclic amines) is 1. The van der Waals surface area contributed by atoms with E-state index in [4.69, 9.17) is 9.47 Å². The van der Waals surface area contributed by atoms with Gasteiger partial charge in [0.1, 0.15) is 5.75 Å². The van der Waals surface area contributed by atoms with Gasteiger partial charge in [0.25, 0.3) is 5.91 Å². The van der Waals surface area contributed by atoms with Gasteiger partial charge in [0, 0.05) is 13.1 Å². The minimum atomic E-state index is 0.0465. The molecule has 2 aromatic carbocycles. The standard InChI is InChI=1S/C21H25NO3/c1-24-20-12-6-5-11-19(20)21(23)22-13-7-10-18(14-22)16-25-15-17-8-3-2-4-9-17/h2-6,8-9,11-12,18H,7,10,13-16H2,1H3. The van der Waals surface area contributed by atoms with Crippen molar-refractivity contribution in [2.24, 2.45) is 5.92 Å². The molecule has 1 unspecified atom stereocenters. The minimum absolute atomic E-state index is 0.0465.